The van der Waals surface area contributed by atoms with Crippen molar-refractivity contribution in [3.8, 4) is 0 Å². The van der Waals surface area contributed by atoms with E-state index in [-0.39, 0.29) is 24.3 Å². The van der Waals surface area contributed by atoms with E-state index in [1.54, 1.807) is 0 Å². The summed E-state index contributed by atoms with van der Waals surface area (Å²) >= 11 is 0. The summed E-state index contributed by atoms with van der Waals surface area (Å²) in [6.45, 7) is 1.71. The van der Waals surface area contributed by atoms with Crippen LogP contribution < -0.4 is 0 Å². The Hall–Kier alpha value is -1.10. The minimum Gasteiger partial charge on any atom is -0.481 e. The number of hydrogen-bond donors (Lipinski definition) is 1. The highest BCUT2D eigenvalue weighted by molar-refractivity contribution is 5.82. The topological polar surface area (TPSA) is 66.8 Å². The fraction of sp³-hybridized carbons (Fsp3) is 0.889. The van der Waals surface area contributed by atoms with Crippen LogP contribution >= 0.6 is 0 Å². The minimum atomic E-state index is -0.825. The predicted molar refractivity (Wildman–Crippen MR) is 86.0 cm³/mol. The van der Waals surface area contributed by atoms with E-state index in [2.05, 4.69) is 0 Å². The summed E-state index contributed by atoms with van der Waals surface area (Å²) in [5, 5.41) is 8.99. The van der Waals surface area contributed by atoms with Gasteiger partial charge in [-0.15, -0.1) is 0 Å². The van der Waals surface area contributed by atoms with Gasteiger partial charge in [-0.25, -0.2) is 0 Å². The van der Waals surface area contributed by atoms with Crippen molar-refractivity contribution < 1.29 is 19.4 Å². The molecule has 0 aromatic rings. The summed E-state index contributed by atoms with van der Waals surface area (Å²) in [6, 6.07) is 0.170. The molecule has 2 atom stereocenters. The first-order chi connectivity index (χ1) is 11.2. The summed E-state index contributed by atoms with van der Waals surface area (Å²) in [4.78, 5) is 25.8. The molecule has 1 saturated heterocycles. The van der Waals surface area contributed by atoms with E-state index in [9.17, 15) is 9.59 Å². The Balaban J connectivity index is 1.59. The van der Waals surface area contributed by atoms with Gasteiger partial charge in [0.2, 0.25) is 5.91 Å². The van der Waals surface area contributed by atoms with E-state index in [4.69, 9.17) is 9.84 Å². The number of aliphatic carboxylic acids is 1. The van der Waals surface area contributed by atoms with Gasteiger partial charge >= 0.3 is 5.97 Å². The quantitative estimate of drug-likeness (QED) is 0.816. The van der Waals surface area contributed by atoms with E-state index in [0.29, 0.717) is 25.7 Å². The molecule has 23 heavy (non-hydrogen) atoms. The summed E-state index contributed by atoms with van der Waals surface area (Å²) in [5.41, 5.74) is 0. The number of amides is 1. The molecule has 1 amide bonds. The number of nitrogens with zero attached hydrogens (tertiary/aromatic N) is 1. The van der Waals surface area contributed by atoms with Crippen molar-refractivity contribution in [2.24, 2.45) is 17.8 Å². The molecule has 5 heteroatoms. The third kappa shape index (κ3) is 4.25. The van der Waals surface area contributed by atoms with Crippen molar-refractivity contribution in [2.75, 3.05) is 19.8 Å². The van der Waals surface area contributed by atoms with Crippen LogP contribution in [0, 0.1) is 17.8 Å². The van der Waals surface area contributed by atoms with Crippen LogP contribution in [0.25, 0.3) is 0 Å². The van der Waals surface area contributed by atoms with Gasteiger partial charge in [-0.3, -0.25) is 9.59 Å². The summed E-state index contributed by atoms with van der Waals surface area (Å²) in [6.07, 6.45) is 9.27. The molecule has 3 fully saturated rings. The van der Waals surface area contributed by atoms with Crippen LogP contribution in [0.1, 0.15) is 57.8 Å². The Morgan fingerprint density at radius 3 is 2.39 bits per heavy atom. The fourth-order valence-corrected chi connectivity index (χ4v) is 4.48. The maximum Gasteiger partial charge on any atom is 0.305 e. The van der Waals surface area contributed by atoms with Gasteiger partial charge in [0.05, 0.1) is 6.42 Å². The lowest BCUT2D eigenvalue weighted by Gasteiger charge is -2.34. The van der Waals surface area contributed by atoms with E-state index in [1.807, 2.05) is 4.90 Å². The molecule has 0 unspecified atom stereocenters. The van der Waals surface area contributed by atoms with Gasteiger partial charge in [-0.1, -0.05) is 32.1 Å². The van der Waals surface area contributed by atoms with Gasteiger partial charge in [0.25, 0.3) is 0 Å². The normalized spacial score (nSPS) is 29.2. The summed E-state index contributed by atoms with van der Waals surface area (Å²) < 4.78 is 5.39. The van der Waals surface area contributed by atoms with Crippen LogP contribution in [0.15, 0.2) is 0 Å². The Kier molecular flexibility index (Phi) is 5.57. The van der Waals surface area contributed by atoms with Crippen LogP contribution in [0.5, 0.6) is 0 Å². The lowest BCUT2D eigenvalue weighted by atomic mass is 9.85. The third-order valence-electron chi connectivity index (χ3n) is 5.89. The van der Waals surface area contributed by atoms with Gasteiger partial charge in [-0.2, -0.15) is 0 Å². The molecule has 0 bridgehead atoms. The standard InChI is InChI=1S/C18H29NO4/c20-17(21)6-9-19(14-7-10-23-11-8-14)18(22)16-12-15(16)13-4-2-1-3-5-13/h13-16H,1-12H2,(H,20,21)/t15-,16+/m1/s1. The lowest BCUT2D eigenvalue weighted by Crippen LogP contribution is -2.45. The Labute approximate surface area is 138 Å². The van der Waals surface area contributed by atoms with Crippen molar-refractivity contribution in [2.45, 2.75) is 63.8 Å². The van der Waals surface area contributed by atoms with Crippen LogP contribution in [0.3, 0.4) is 0 Å². The number of carboxylic acids is 1. The van der Waals surface area contributed by atoms with Crippen LogP contribution in [0.2, 0.25) is 0 Å². The Bertz CT molecular complexity index is 427. The van der Waals surface area contributed by atoms with Gasteiger partial charge in [0, 0.05) is 31.7 Å². The molecule has 1 aliphatic heterocycles. The largest absolute Gasteiger partial charge is 0.481 e. The second kappa shape index (κ2) is 7.65. The molecule has 0 aromatic carbocycles. The van der Waals surface area contributed by atoms with Crippen molar-refractivity contribution in [3.05, 3.63) is 0 Å². The van der Waals surface area contributed by atoms with E-state index >= 15 is 0 Å². The van der Waals surface area contributed by atoms with E-state index in [1.165, 1.54) is 32.1 Å². The number of carboxylic acid groups (broad SMARTS) is 1. The predicted octanol–water partition coefficient (Wildman–Crippen LogP) is 2.69. The molecule has 2 aliphatic carbocycles. The van der Waals surface area contributed by atoms with Crippen molar-refractivity contribution in [1.82, 2.24) is 4.90 Å². The highest BCUT2D eigenvalue weighted by Crippen LogP contribution is 2.50. The van der Waals surface area contributed by atoms with Crippen molar-refractivity contribution in [3.63, 3.8) is 0 Å². The molecule has 3 aliphatic rings. The maximum atomic E-state index is 13.0. The minimum absolute atomic E-state index is 0.0455. The number of rotatable bonds is 6. The molecule has 2 saturated carbocycles. The van der Waals surface area contributed by atoms with Crippen LogP contribution in [-0.4, -0.2) is 47.7 Å². The summed E-state index contributed by atoms with van der Waals surface area (Å²) in [5.74, 6) is 0.849. The number of carbonyl (C=O) groups is 2. The summed E-state index contributed by atoms with van der Waals surface area (Å²) in [7, 11) is 0. The second-order valence-corrected chi connectivity index (χ2v) is 7.42. The first kappa shape index (κ1) is 16.7. The first-order valence-corrected chi connectivity index (χ1v) is 9.27. The molecular formula is C18H29NO4. The third-order valence-corrected chi connectivity index (χ3v) is 5.89. The van der Waals surface area contributed by atoms with Crippen LogP contribution in [0.4, 0.5) is 0 Å². The molecule has 3 rings (SSSR count). The second-order valence-electron chi connectivity index (χ2n) is 7.42. The number of carbonyl (C=O) groups excluding carboxylic acids is 1. The zero-order valence-corrected chi connectivity index (χ0v) is 13.9. The lowest BCUT2D eigenvalue weighted by molar-refractivity contribution is -0.141. The van der Waals surface area contributed by atoms with Gasteiger partial charge < -0.3 is 14.7 Å². The average molecular weight is 323 g/mol. The van der Waals surface area contributed by atoms with Crippen LogP contribution in [-0.2, 0) is 14.3 Å². The zero-order valence-electron chi connectivity index (χ0n) is 13.9. The zero-order chi connectivity index (χ0) is 16.2. The average Bonchev–Trinajstić information content (AvgIpc) is 3.37. The van der Waals surface area contributed by atoms with Gasteiger partial charge in [-0.05, 0) is 31.1 Å². The molecule has 0 spiro atoms. The van der Waals surface area contributed by atoms with E-state index in [0.717, 1.165) is 25.2 Å². The van der Waals surface area contributed by atoms with Crippen molar-refractivity contribution >= 4 is 11.9 Å². The number of ether oxygens (including phenoxy) is 1. The highest BCUT2D eigenvalue weighted by Gasteiger charge is 2.49. The Morgan fingerprint density at radius 1 is 1.04 bits per heavy atom. The van der Waals surface area contributed by atoms with Crippen molar-refractivity contribution in [1.29, 1.82) is 0 Å². The fourth-order valence-electron chi connectivity index (χ4n) is 4.48. The molecule has 1 heterocycles. The molecular weight excluding hydrogens is 294 g/mol. The molecule has 1 N–H and O–H groups in total. The smallest absolute Gasteiger partial charge is 0.305 e. The SMILES string of the molecule is O=C(O)CCN(C(=O)[C@H]1C[C@@H]1C1CCCCC1)C1CCOCC1. The number of hydrogen-bond acceptors (Lipinski definition) is 3. The first-order valence-electron chi connectivity index (χ1n) is 9.27. The molecule has 5 nitrogen and oxygen atoms in total. The Morgan fingerprint density at radius 2 is 1.74 bits per heavy atom. The molecule has 0 aromatic heterocycles. The molecule has 0 radical (unpaired) electrons. The van der Waals surface area contributed by atoms with Gasteiger partial charge in [0.15, 0.2) is 0 Å². The maximum absolute atomic E-state index is 13.0. The molecule has 130 valence electrons. The van der Waals surface area contributed by atoms with E-state index < -0.39 is 5.97 Å². The monoisotopic (exact) mass is 323 g/mol. The highest BCUT2D eigenvalue weighted by atomic mass is 16.5. The van der Waals surface area contributed by atoms with Gasteiger partial charge in [0.1, 0.15) is 0 Å².